The van der Waals surface area contributed by atoms with Crippen LogP contribution < -0.4 is 10.5 Å². The fourth-order valence-electron chi connectivity index (χ4n) is 4.85. The van der Waals surface area contributed by atoms with E-state index >= 15 is 0 Å². The number of ether oxygens (including phenoxy) is 1. The molecule has 0 saturated heterocycles. The van der Waals surface area contributed by atoms with Crippen molar-refractivity contribution in [3.8, 4) is 5.75 Å². The summed E-state index contributed by atoms with van der Waals surface area (Å²) in [6.45, 7) is 32.4. The number of nitrogens with zero attached hydrogens (tertiary/aromatic N) is 1. The third-order valence-corrected chi connectivity index (χ3v) is 9.47. The molecule has 41 heavy (non-hydrogen) atoms. The Kier molecular flexibility index (Phi) is 11.3. The zero-order valence-electron chi connectivity index (χ0n) is 28.3. The van der Waals surface area contributed by atoms with Crippen molar-refractivity contribution in [2.75, 3.05) is 13.2 Å². The van der Waals surface area contributed by atoms with Gasteiger partial charge in [0.15, 0.2) is 0 Å². The number of rotatable bonds is 10. The van der Waals surface area contributed by atoms with E-state index in [1.165, 1.54) is 16.0 Å². The van der Waals surface area contributed by atoms with Crippen molar-refractivity contribution in [1.82, 2.24) is 0 Å². The Morgan fingerprint density at radius 2 is 1.00 bits per heavy atom. The lowest BCUT2D eigenvalue weighted by atomic mass is 9.79. The highest BCUT2D eigenvalue weighted by Crippen LogP contribution is 2.51. The van der Waals surface area contributed by atoms with Crippen LogP contribution in [0.2, 0.25) is 0 Å². The van der Waals surface area contributed by atoms with Crippen LogP contribution in [0.25, 0.3) is 0 Å². The summed E-state index contributed by atoms with van der Waals surface area (Å²) in [5.41, 5.74) is 10.3. The normalized spacial score (nSPS) is 13.4. The molecule has 2 aromatic rings. The standard InChI is InChI=1S/C35H56N2O2S2/c1-31(2,3)25-19-23(20-26(29(25)37-38)32(4,5)6)40-35(13,14)41-24-21-27(33(7,8)9)30(39-18-16-15-17-36)28(22-24)34(10,11)12/h19-22H,15-18,36H2,1-14H3. The van der Waals surface area contributed by atoms with Crippen LogP contribution in [0.3, 0.4) is 0 Å². The van der Waals surface area contributed by atoms with Gasteiger partial charge >= 0.3 is 0 Å². The van der Waals surface area contributed by atoms with Crippen molar-refractivity contribution >= 4 is 29.2 Å². The lowest BCUT2D eigenvalue weighted by Crippen LogP contribution is -2.21. The first-order valence-corrected chi connectivity index (χ1v) is 16.6. The van der Waals surface area contributed by atoms with Gasteiger partial charge in [-0.25, -0.2) is 0 Å². The van der Waals surface area contributed by atoms with Gasteiger partial charge in [-0.3, -0.25) is 0 Å². The van der Waals surface area contributed by atoms with Gasteiger partial charge in [0.05, 0.1) is 10.7 Å². The van der Waals surface area contributed by atoms with Crippen molar-refractivity contribution < 1.29 is 4.74 Å². The molecule has 0 saturated carbocycles. The molecule has 2 rings (SSSR count). The van der Waals surface area contributed by atoms with E-state index < -0.39 is 0 Å². The minimum atomic E-state index is -0.194. The van der Waals surface area contributed by atoms with Crippen LogP contribution in [-0.4, -0.2) is 17.2 Å². The maximum Gasteiger partial charge on any atom is 0.126 e. The summed E-state index contributed by atoms with van der Waals surface area (Å²) < 4.78 is 6.34. The Hall–Kier alpha value is -1.50. The van der Waals surface area contributed by atoms with E-state index in [1.807, 2.05) is 23.5 Å². The van der Waals surface area contributed by atoms with Gasteiger partial charge in [0.2, 0.25) is 0 Å². The number of thioether (sulfide) groups is 2. The van der Waals surface area contributed by atoms with Crippen LogP contribution in [-0.2, 0) is 21.7 Å². The van der Waals surface area contributed by atoms with Crippen molar-refractivity contribution in [1.29, 1.82) is 0 Å². The molecule has 0 aliphatic heterocycles. The van der Waals surface area contributed by atoms with Crippen LogP contribution in [0, 0.1) is 4.91 Å². The molecular weight excluding hydrogens is 545 g/mol. The molecule has 2 N–H and O–H groups in total. The molecule has 0 spiro atoms. The summed E-state index contributed by atoms with van der Waals surface area (Å²) in [6, 6.07) is 9.03. The van der Waals surface area contributed by atoms with Gasteiger partial charge in [0, 0.05) is 20.9 Å². The molecule has 0 unspecified atom stereocenters. The lowest BCUT2D eigenvalue weighted by molar-refractivity contribution is 0.291. The molecule has 6 heteroatoms. The fourth-order valence-corrected chi connectivity index (χ4v) is 7.44. The summed E-state index contributed by atoms with van der Waals surface area (Å²) in [7, 11) is 0. The van der Waals surface area contributed by atoms with Gasteiger partial charge < -0.3 is 10.5 Å². The monoisotopic (exact) mass is 600 g/mol. The van der Waals surface area contributed by atoms with Crippen LogP contribution in [0.5, 0.6) is 5.75 Å². The maximum atomic E-state index is 12.1. The first-order chi connectivity index (χ1) is 18.5. The van der Waals surface area contributed by atoms with Gasteiger partial charge in [-0.05, 0) is 95.5 Å². The van der Waals surface area contributed by atoms with E-state index in [0.717, 1.165) is 34.6 Å². The van der Waals surface area contributed by atoms with E-state index in [0.29, 0.717) is 18.8 Å². The third-order valence-electron chi connectivity index (χ3n) is 7.04. The van der Waals surface area contributed by atoms with E-state index in [4.69, 9.17) is 10.5 Å². The molecule has 0 aliphatic rings. The van der Waals surface area contributed by atoms with Crippen LogP contribution >= 0.6 is 23.5 Å². The van der Waals surface area contributed by atoms with Gasteiger partial charge in [-0.1, -0.05) is 83.1 Å². The molecule has 2 aromatic carbocycles. The maximum absolute atomic E-state index is 12.1. The third kappa shape index (κ3) is 9.76. The van der Waals surface area contributed by atoms with Gasteiger partial charge in [0.1, 0.15) is 11.4 Å². The lowest BCUT2D eigenvalue weighted by Gasteiger charge is -2.32. The molecule has 230 valence electrons. The van der Waals surface area contributed by atoms with E-state index in [-0.39, 0.29) is 25.7 Å². The Morgan fingerprint density at radius 1 is 0.634 bits per heavy atom. The minimum absolute atomic E-state index is 0.0715. The molecular formula is C35H56N2O2S2. The summed E-state index contributed by atoms with van der Waals surface area (Å²) in [5, 5.41) is 3.53. The van der Waals surface area contributed by atoms with Crippen molar-refractivity contribution in [3.05, 3.63) is 51.4 Å². The number of hydrogen-bond acceptors (Lipinski definition) is 6. The number of nitrogens with two attached hydrogens (primary N) is 1. The van der Waals surface area contributed by atoms with Crippen molar-refractivity contribution in [3.63, 3.8) is 0 Å². The highest BCUT2D eigenvalue weighted by molar-refractivity contribution is 8.18. The zero-order chi connectivity index (χ0) is 31.6. The number of hydrogen-bond donors (Lipinski definition) is 1. The summed E-state index contributed by atoms with van der Waals surface area (Å²) in [4.78, 5) is 14.5. The zero-order valence-corrected chi connectivity index (χ0v) is 29.9. The molecule has 0 aromatic heterocycles. The first-order valence-electron chi connectivity index (χ1n) is 14.9. The molecule has 0 fully saturated rings. The minimum Gasteiger partial charge on any atom is -0.493 e. The second-order valence-electron chi connectivity index (χ2n) is 15.8. The Morgan fingerprint density at radius 3 is 1.32 bits per heavy atom. The molecule has 0 amide bonds. The largest absolute Gasteiger partial charge is 0.493 e. The second-order valence-corrected chi connectivity index (χ2v) is 19.4. The first kappa shape index (κ1) is 35.7. The number of unbranched alkanes of at least 4 members (excludes halogenated alkanes) is 1. The van der Waals surface area contributed by atoms with Crippen LogP contribution in [0.1, 0.15) is 132 Å². The topological polar surface area (TPSA) is 64.7 Å². The Balaban J connectivity index is 2.60. The average molecular weight is 601 g/mol. The predicted octanol–water partition coefficient (Wildman–Crippen LogP) is 11.0. The Labute approximate surface area is 259 Å². The van der Waals surface area contributed by atoms with Crippen molar-refractivity contribution in [2.45, 2.75) is 145 Å². The van der Waals surface area contributed by atoms with Crippen LogP contribution in [0.4, 0.5) is 5.69 Å². The smallest absolute Gasteiger partial charge is 0.126 e. The summed E-state index contributed by atoms with van der Waals surface area (Å²) in [5.74, 6) is 1.03. The Bertz CT molecular complexity index is 1140. The van der Waals surface area contributed by atoms with Crippen molar-refractivity contribution in [2.24, 2.45) is 10.9 Å². The molecule has 0 radical (unpaired) electrons. The second kappa shape index (κ2) is 13.0. The van der Waals surface area contributed by atoms with Gasteiger partial charge in [-0.15, -0.1) is 28.4 Å². The van der Waals surface area contributed by atoms with E-state index in [2.05, 4.69) is 126 Å². The summed E-state index contributed by atoms with van der Waals surface area (Å²) >= 11 is 3.73. The number of nitroso groups, excluding NO2 is 1. The molecule has 0 atom stereocenters. The van der Waals surface area contributed by atoms with Gasteiger partial charge in [0.25, 0.3) is 0 Å². The van der Waals surface area contributed by atoms with Gasteiger partial charge in [-0.2, -0.15) is 0 Å². The SMILES string of the molecule is CC(C)(Sc1cc(C(C)(C)C)c(N=O)c(C(C)(C)C)c1)Sc1cc(C(C)(C)C)c(OCCCCN)c(C(C)(C)C)c1. The molecule has 4 nitrogen and oxygen atoms in total. The fraction of sp³-hybridized carbons (Fsp3) is 0.657. The molecule has 0 heterocycles. The molecule has 0 bridgehead atoms. The average Bonchev–Trinajstić information content (AvgIpc) is 2.78. The highest BCUT2D eigenvalue weighted by Gasteiger charge is 2.32. The summed E-state index contributed by atoms with van der Waals surface area (Å²) in [6.07, 6.45) is 1.92. The molecule has 0 aliphatic carbocycles. The van der Waals surface area contributed by atoms with E-state index in [9.17, 15) is 4.91 Å². The predicted molar refractivity (Wildman–Crippen MR) is 183 cm³/mol. The highest BCUT2D eigenvalue weighted by atomic mass is 32.2. The number of benzene rings is 2. The van der Waals surface area contributed by atoms with E-state index in [1.54, 1.807) is 0 Å². The quantitative estimate of drug-likeness (QED) is 0.127. The van der Waals surface area contributed by atoms with Crippen LogP contribution in [0.15, 0.2) is 39.2 Å².